The van der Waals surface area contributed by atoms with Crippen molar-refractivity contribution in [3.63, 3.8) is 0 Å². The Hall–Kier alpha value is -2.63. The first-order valence-corrected chi connectivity index (χ1v) is 8.15. The van der Waals surface area contributed by atoms with Gasteiger partial charge in [0.15, 0.2) is 17.5 Å². The molecule has 2 aromatic rings. The van der Waals surface area contributed by atoms with Crippen LogP contribution in [0, 0.1) is 5.82 Å². The summed E-state index contributed by atoms with van der Waals surface area (Å²) in [5.74, 6) is 1.05. The molecule has 1 fully saturated rings. The molecule has 3 rings (SSSR count). The van der Waals surface area contributed by atoms with Crippen molar-refractivity contribution in [2.45, 2.75) is 32.4 Å². The van der Waals surface area contributed by atoms with Gasteiger partial charge in [-0.25, -0.2) is 9.38 Å². The van der Waals surface area contributed by atoms with E-state index in [1.807, 2.05) is 13.0 Å². The van der Waals surface area contributed by atoms with Crippen molar-refractivity contribution in [2.24, 2.45) is 4.99 Å². The second-order valence-corrected chi connectivity index (χ2v) is 5.67. The Bertz CT molecular complexity index is 701. The largest absolute Gasteiger partial charge is 0.453 e. The second kappa shape index (κ2) is 7.77. The summed E-state index contributed by atoms with van der Waals surface area (Å²) in [4.78, 5) is 8.44. The van der Waals surface area contributed by atoms with Crippen molar-refractivity contribution in [2.75, 3.05) is 6.54 Å². The van der Waals surface area contributed by atoms with Crippen molar-refractivity contribution in [1.82, 2.24) is 15.6 Å². The van der Waals surface area contributed by atoms with Crippen LogP contribution in [0.2, 0.25) is 0 Å². The van der Waals surface area contributed by atoms with Crippen molar-refractivity contribution >= 4 is 5.96 Å². The first-order chi connectivity index (χ1) is 11.7. The van der Waals surface area contributed by atoms with Gasteiger partial charge in [-0.1, -0.05) is 6.07 Å². The van der Waals surface area contributed by atoms with Gasteiger partial charge in [0.25, 0.3) is 0 Å². The molecule has 2 N–H and O–H groups in total. The number of aromatic nitrogens is 1. The van der Waals surface area contributed by atoms with Crippen LogP contribution in [0.25, 0.3) is 0 Å². The van der Waals surface area contributed by atoms with Crippen LogP contribution < -0.4 is 15.4 Å². The minimum absolute atomic E-state index is 0.179. The lowest BCUT2D eigenvalue weighted by Gasteiger charge is -2.10. The van der Waals surface area contributed by atoms with E-state index in [-0.39, 0.29) is 5.75 Å². The van der Waals surface area contributed by atoms with Crippen molar-refractivity contribution in [3.8, 4) is 11.5 Å². The average molecular weight is 328 g/mol. The zero-order valence-corrected chi connectivity index (χ0v) is 13.6. The maximum Gasteiger partial charge on any atom is 0.191 e. The second-order valence-electron chi connectivity index (χ2n) is 5.67. The van der Waals surface area contributed by atoms with Gasteiger partial charge in [-0.2, -0.15) is 0 Å². The molecule has 0 bridgehead atoms. The fraction of sp³-hybridized carbons (Fsp3) is 0.333. The summed E-state index contributed by atoms with van der Waals surface area (Å²) in [6, 6.07) is 8.89. The summed E-state index contributed by atoms with van der Waals surface area (Å²) >= 11 is 0. The van der Waals surface area contributed by atoms with Gasteiger partial charge in [-0.05, 0) is 49.6 Å². The Labute approximate surface area is 141 Å². The quantitative estimate of drug-likeness (QED) is 0.631. The van der Waals surface area contributed by atoms with E-state index in [1.165, 1.54) is 18.9 Å². The van der Waals surface area contributed by atoms with E-state index in [4.69, 9.17) is 4.74 Å². The summed E-state index contributed by atoms with van der Waals surface area (Å²) in [5, 5.41) is 6.53. The number of hydrogen-bond donors (Lipinski definition) is 2. The van der Waals surface area contributed by atoms with Crippen LogP contribution >= 0.6 is 0 Å². The van der Waals surface area contributed by atoms with Crippen LogP contribution in [0.3, 0.4) is 0 Å². The maximum absolute atomic E-state index is 14.2. The van der Waals surface area contributed by atoms with Gasteiger partial charge in [0.1, 0.15) is 5.75 Å². The van der Waals surface area contributed by atoms with E-state index in [1.54, 1.807) is 30.6 Å². The number of aliphatic imine (C=N–C) groups is 1. The number of halogens is 1. The molecule has 1 saturated carbocycles. The molecule has 1 aromatic carbocycles. The number of nitrogens with one attached hydrogen (secondary N) is 2. The Balaban J connectivity index is 1.65. The predicted octanol–water partition coefficient (Wildman–Crippen LogP) is 3.23. The molecule has 1 aromatic heterocycles. The highest BCUT2D eigenvalue weighted by atomic mass is 19.1. The lowest BCUT2D eigenvalue weighted by atomic mass is 10.2. The molecule has 0 radical (unpaired) electrons. The molecule has 1 aliphatic carbocycles. The molecular weight excluding hydrogens is 307 g/mol. The predicted molar refractivity (Wildman–Crippen MR) is 91.7 cm³/mol. The summed E-state index contributed by atoms with van der Waals surface area (Å²) in [6.45, 7) is 3.23. The van der Waals surface area contributed by atoms with E-state index >= 15 is 0 Å². The smallest absolute Gasteiger partial charge is 0.191 e. The fourth-order valence-electron chi connectivity index (χ4n) is 2.17. The normalized spacial score (nSPS) is 14.3. The van der Waals surface area contributed by atoms with Gasteiger partial charge in [0.2, 0.25) is 0 Å². The summed E-state index contributed by atoms with van der Waals surface area (Å²) in [7, 11) is 0. The molecular formula is C18H21FN4O. The van der Waals surface area contributed by atoms with Gasteiger partial charge >= 0.3 is 0 Å². The molecule has 126 valence electrons. The van der Waals surface area contributed by atoms with Gasteiger partial charge in [-0.3, -0.25) is 4.98 Å². The van der Waals surface area contributed by atoms with Crippen LogP contribution in [0.1, 0.15) is 25.3 Å². The SMILES string of the molecule is CCNC(=NCc1ccc(Oc2cccnc2)c(F)c1)NC1CC1. The van der Waals surface area contributed by atoms with E-state index in [2.05, 4.69) is 20.6 Å². The van der Waals surface area contributed by atoms with Crippen molar-refractivity contribution in [3.05, 3.63) is 54.1 Å². The Kier molecular flexibility index (Phi) is 5.25. The van der Waals surface area contributed by atoms with Gasteiger partial charge < -0.3 is 15.4 Å². The van der Waals surface area contributed by atoms with Crippen LogP contribution in [-0.2, 0) is 6.54 Å². The van der Waals surface area contributed by atoms with Crippen LogP contribution in [0.4, 0.5) is 4.39 Å². The number of nitrogens with zero attached hydrogens (tertiary/aromatic N) is 2. The molecule has 0 saturated heterocycles. The minimum atomic E-state index is -0.410. The summed E-state index contributed by atoms with van der Waals surface area (Å²) < 4.78 is 19.7. The molecule has 1 aliphatic rings. The van der Waals surface area contributed by atoms with Gasteiger partial charge in [-0.15, -0.1) is 0 Å². The van der Waals surface area contributed by atoms with Crippen LogP contribution in [-0.4, -0.2) is 23.5 Å². The highest BCUT2D eigenvalue weighted by molar-refractivity contribution is 5.80. The Morgan fingerprint density at radius 1 is 1.38 bits per heavy atom. The molecule has 6 heteroatoms. The number of ether oxygens (including phenoxy) is 1. The molecule has 0 unspecified atom stereocenters. The third-order valence-electron chi connectivity index (χ3n) is 3.54. The van der Waals surface area contributed by atoms with E-state index in [0.717, 1.165) is 18.1 Å². The van der Waals surface area contributed by atoms with Crippen LogP contribution in [0.15, 0.2) is 47.7 Å². The van der Waals surface area contributed by atoms with Crippen molar-refractivity contribution < 1.29 is 9.13 Å². The molecule has 0 spiro atoms. The number of benzene rings is 1. The summed E-state index contributed by atoms with van der Waals surface area (Å²) in [5.41, 5.74) is 0.791. The number of pyridine rings is 1. The lowest BCUT2D eigenvalue weighted by Crippen LogP contribution is -2.38. The third-order valence-corrected chi connectivity index (χ3v) is 3.54. The van der Waals surface area contributed by atoms with E-state index in [0.29, 0.717) is 18.3 Å². The lowest BCUT2D eigenvalue weighted by molar-refractivity contribution is 0.440. The first-order valence-electron chi connectivity index (χ1n) is 8.15. The number of hydrogen-bond acceptors (Lipinski definition) is 3. The third kappa shape index (κ3) is 4.68. The maximum atomic E-state index is 14.2. The Morgan fingerprint density at radius 3 is 2.92 bits per heavy atom. The number of guanidine groups is 1. The summed E-state index contributed by atoms with van der Waals surface area (Å²) in [6.07, 6.45) is 5.55. The minimum Gasteiger partial charge on any atom is -0.453 e. The van der Waals surface area contributed by atoms with Crippen molar-refractivity contribution in [1.29, 1.82) is 0 Å². The van der Waals surface area contributed by atoms with Gasteiger partial charge in [0, 0.05) is 18.8 Å². The highest BCUT2D eigenvalue weighted by Gasteiger charge is 2.22. The molecule has 1 heterocycles. The Morgan fingerprint density at radius 2 is 2.25 bits per heavy atom. The van der Waals surface area contributed by atoms with E-state index < -0.39 is 5.82 Å². The molecule has 5 nitrogen and oxygen atoms in total. The molecule has 0 aliphatic heterocycles. The standard InChI is InChI=1S/C18H21FN4O/c1-2-21-18(23-14-6-7-14)22-11-13-5-8-17(16(19)10-13)24-15-4-3-9-20-12-15/h3-5,8-10,12,14H,2,6-7,11H2,1H3,(H2,21,22,23). The zero-order valence-electron chi connectivity index (χ0n) is 13.6. The van der Waals surface area contributed by atoms with E-state index in [9.17, 15) is 4.39 Å². The average Bonchev–Trinajstić information content (AvgIpc) is 3.40. The molecule has 0 atom stereocenters. The van der Waals surface area contributed by atoms with Crippen LogP contribution in [0.5, 0.6) is 11.5 Å². The topological polar surface area (TPSA) is 58.5 Å². The first kappa shape index (κ1) is 16.2. The fourth-order valence-corrected chi connectivity index (χ4v) is 2.17. The molecule has 24 heavy (non-hydrogen) atoms. The number of rotatable bonds is 6. The van der Waals surface area contributed by atoms with Gasteiger partial charge in [0.05, 0.1) is 12.7 Å². The zero-order chi connectivity index (χ0) is 16.8. The monoisotopic (exact) mass is 328 g/mol. The highest BCUT2D eigenvalue weighted by Crippen LogP contribution is 2.24. The molecule has 0 amide bonds.